The first kappa shape index (κ1) is 12.4. The van der Waals surface area contributed by atoms with Crippen molar-refractivity contribution in [2.45, 2.75) is 32.5 Å². The first-order valence-electron chi connectivity index (χ1n) is 5.11. The lowest BCUT2D eigenvalue weighted by molar-refractivity contribution is 0.0858. The smallest absolute Gasteiger partial charge is 0.168 e. The molecule has 1 nitrogen and oxygen atoms in total. The number of hydrogen-bond donors (Lipinski definition) is 0. The second-order valence-electron chi connectivity index (χ2n) is 4.82. The minimum atomic E-state index is -0.304. The fraction of sp³-hybridized carbons (Fsp3) is 0.462. The van der Waals surface area contributed by atoms with Gasteiger partial charge in [-0.1, -0.05) is 61.0 Å². The Bertz CT molecular complexity index is 344. The average Bonchev–Trinajstić information content (AvgIpc) is 2.15. The molecule has 0 amide bonds. The van der Waals surface area contributed by atoms with Crippen molar-refractivity contribution < 1.29 is 4.79 Å². The zero-order chi connectivity index (χ0) is 11.6. The SMILES string of the molecule is CC(Br)c1ccc(C(=O)C(C)(C)C)cc1. The molecule has 0 saturated heterocycles. The highest BCUT2D eigenvalue weighted by Gasteiger charge is 2.22. The van der Waals surface area contributed by atoms with E-state index in [1.165, 1.54) is 5.56 Å². The summed E-state index contributed by atoms with van der Waals surface area (Å²) < 4.78 is 0. The van der Waals surface area contributed by atoms with Gasteiger partial charge < -0.3 is 0 Å². The van der Waals surface area contributed by atoms with E-state index in [4.69, 9.17) is 0 Å². The van der Waals surface area contributed by atoms with E-state index < -0.39 is 0 Å². The molecule has 1 rings (SSSR count). The monoisotopic (exact) mass is 268 g/mol. The Morgan fingerprint density at radius 2 is 1.67 bits per heavy atom. The summed E-state index contributed by atoms with van der Waals surface area (Å²) in [5.74, 6) is 0.191. The van der Waals surface area contributed by atoms with E-state index in [1.54, 1.807) is 0 Å². The van der Waals surface area contributed by atoms with Gasteiger partial charge in [0, 0.05) is 15.8 Å². The molecule has 0 saturated carbocycles. The number of benzene rings is 1. The van der Waals surface area contributed by atoms with Crippen molar-refractivity contribution in [1.29, 1.82) is 0 Å². The molecule has 0 N–H and O–H groups in total. The van der Waals surface area contributed by atoms with Gasteiger partial charge in [-0.25, -0.2) is 0 Å². The van der Waals surface area contributed by atoms with E-state index >= 15 is 0 Å². The minimum Gasteiger partial charge on any atom is -0.294 e. The normalized spacial score (nSPS) is 13.7. The summed E-state index contributed by atoms with van der Waals surface area (Å²) in [6, 6.07) is 7.80. The molecule has 1 atom stereocenters. The van der Waals surface area contributed by atoms with Crippen molar-refractivity contribution in [2.75, 3.05) is 0 Å². The first-order valence-corrected chi connectivity index (χ1v) is 6.03. The third-order valence-corrected chi connectivity index (χ3v) is 2.84. The molecule has 0 aliphatic heterocycles. The highest BCUT2D eigenvalue weighted by Crippen LogP contribution is 2.24. The van der Waals surface area contributed by atoms with Crippen molar-refractivity contribution in [2.24, 2.45) is 5.41 Å². The van der Waals surface area contributed by atoms with Crippen LogP contribution in [-0.2, 0) is 0 Å². The molecule has 0 aliphatic carbocycles. The van der Waals surface area contributed by atoms with Crippen molar-refractivity contribution in [1.82, 2.24) is 0 Å². The number of carbonyl (C=O) groups excluding carboxylic acids is 1. The fourth-order valence-corrected chi connectivity index (χ4v) is 1.64. The largest absolute Gasteiger partial charge is 0.294 e. The second kappa shape index (κ2) is 4.48. The van der Waals surface area contributed by atoms with Gasteiger partial charge in [-0.3, -0.25) is 4.79 Å². The highest BCUT2D eigenvalue weighted by molar-refractivity contribution is 9.09. The van der Waals surface area contributed by atoms with Gasteiger partial charge in [-0.2, -0.15) is 0 Å². The van der Waals surface area contributed by atoms with E-state index in [0.29, 0.717) is 4.83 Å². The number of Topliss-reactive ketones (excluding diaryl/α,β-unsaturated/α-hetero) is 1. The maximum absolute atomic E-state index is 11.9. The minimum absolute atomic E-state index is 0.191. The Morgan fingerprint density at radius 1 is 1.20 bits per heavy atom. The number of halogens is 1. The quantitative estimate of drug-likeness (QED) is 0.575. The Kier molecular flexibility index (Phi) is 3.72. The van der Waals surface area contributed by atoms with Crippen LogP contribution in [0, 0.1) is 5.41 Å². The van der Waals surface area contributed by atoms with Crippen LogP contribution < -0.4 is 0 Å². The standard InChI is InChI=1S/C13H17BrO/c1-9(14)10-5-7-11(8-6-10)12(15)13(2,3)4/h5-9H,1-4H3. The van der Waals surface area contributed by atoms with Crippen LogP contribution in [0.15, 0.2) is 24.3 Å². The van der Waals surface area contributed by atoms with Gasteiger partial charge in [-0.05, 0) is 12.5 Å². The summed E-state index contributed by atoms with van der Waals surface area (Å²) in [5, 5.41) is 0. The van der Waals surface area contributed by atoms with Crippen LogP contribution in [0.1, 0.15) is 48.4 Å². The molecule has 15 heavy (non-hydrogen) atoms. The summed E-state index contributed by atoms with van der Waals surface area (Å²) in [5.41, 5.74) is 1.68. The number of rotatable bonds is 2. The van der Waals surface area contributed by atoms with Crippen molar-refractivity contribution in [3.05, 3.63) is 35.4 Å². The van der Waals surface area contributed by atoms with E-state index in [0.717, 1.165) is 5.56 Å². The van der Waals surface area contributed by atoms with E-state index in [-0.39, 0.29) is 11.2 Å². The van der Waals surface area contributed by atoms with Crippen LogP contribution in [0.5, 0.6) is 0 Å². The maximum Gasteiger partial charge on any atom is 0.168 e. The fourth-order valence-electron chi connectivity index (χ4n) is 1.33. The summed E-state index contributed by atoms with van der Waals surface area (Å²) in [6.07, 6.45) is 0. The van der Waals surface area contributed by atoms with Crippen LogP contribution in [0.2, 0.25) is 0 Å². The first-order chi connectivity index (χ1) is 6.82. The lowest BCUT2D eigenvalue weighted by Gasteiger charge is -2.16. The Balaban J connectivity index is 2.95. The van der Waals surface area contributed by atoms with Gasteiger partial charge in [0.1, 0.15) is 0 Å². The third-order valence-electron chi connectivity index (χ3n) is 2.31. The van der Waals surface area contributed by atoms with Crippen LogP contribution in [0.4, 0.5) is 0 Å². The van der Waals surface area contributed by atoms with Crippen molar-refractivity contribution >= 4 is 21.7 Å². The van der Waals surface area contributed by atoms with Crippen LogP contribution in [0.25, 0.3) is 0 Å². The number of hydrogen-bond acceptors (Lipinski definition) is 1. The third kappa shape index (κ3) is 3.16. The molecule has 2 heteroatoms. The number of ketones is 1. The van der Waals surface area contributed by atoms with Crippen LogP contribution in [0.3, 0.4) is 0 Å². The Labute approximate surface area is 100 Å². The number of carbonyl (C=O) groups is 1. The van der Waals surface area contributed by atoms with Gasteiger partial charge in [0.15, 0.2) is 5.78 Å². The lowest BCUT2D eigenvalue weighted by atomic mass is 9.86. The van der Waals surface area contributed by atoms with E-state index in [1.807, 2.05) is 45.0 Å². The predicted octanol–water partition coefficient (Wildman–Crippen LogP) is 4.37. The van der Waals surface area contributed by atoms with Gasteiger partial charge in [0.05, 0.1) is 0 Å². The summed E-state index contributed by atoms with van der Waals surface area (Å²) in [6.45, 7) is 7.89. The molecule has 0 fully saturated rings. The molecule has 1 unspecified atom stereocenters. The molecule has 0 heterocycles. The molecule has 82 valence electrons. The van der Waals surface area contributed by atoms with Crippen LogP contribution in [-0.4, -0.2) is 5.78 Å². The lowest BCUT2D eigenvalue weighted by Crippen LogP contribution is -2.20. The maximum atomic E-state index is 11.9. The Morgan fingerprint density at radius 3 is 2.00 bits per heavy atom. The number of alkyl halides is 1. The molecule has 1 aromatic carbocycles. The summed E-state index contributed by atoms with van der Waals surface area (Å²) in [7, 11) is 0. The van der Waals surface area contributed by atoms with Crippen molar-refractivity contribution in [3.8, 4) is 0 Å². The highest BCUT2D eigenvalue weighted by atomic mass is 79.9. The van der Waals surface area contributed by atoms with Gasteiger partial charge in [0.2, 0.25) is 0 Å². The summed E-state index contributed by atoms with van der Waals surface area (Å²) in [4.78, 5) is 12.3. The van der Waals surface area contributed by atoms with Crippen LogP contribution >= 0.6 is 15.9 Å². The zero-order valence-corrected chi connectivity index (χ0v) is 11.3. The molecule has 0 aliphatic rings. The van der Waals surface area contributed by atoms with Gasteiger partial charge in [0.25, 0.3) is 0 Å². The molecule has 0 bridgehead atoms. The van der Waals surface area contributed by atoms with Crippen molar-refractivity contribution in [3.63, 3.8) is 0 Å². The molecule has 1 aromatic rings. The molecule has 0 radical (unpaired) electrons. The Hall–Kier alpha value is -0.630. The molecule has 0 aromatic heterocycles. The molecule has 0 spiro atoms. The average molecular weight is 269 g/mol. The van der Waals surface area contributed by atoms with E-state index in [2.05, 4.69) is 22.9 Å². The van der Waals surface area contributed by atoms with Gasteiger partial charge >= 0.3 is 0 Å². The summed E-state index contributed by atoms with van der Waals surface area (Å²) >= 11 is 3.50. The second-order valence-corrected chi connectivity index (χ2v) is 6.19. The van der Waals surface area contributed by atoms with E-state index in [9.17, 15) is 4.79 Å². The van der Waals surface area contributed by atoms with Gasteiger partial charge in [-0.15, -0.1) is 0 Å². The zero-order valence-electron chi connectivity index (χ0n) is 9.67. The molecular weight excluding hydrogens is 252 g/mol. The molecular formula is C13H17BrO. The predicted molar refractivity (Wildman–Crippen MR) is 67.6 cm³/mol. The topological polar surface area (TPSA) is 17.1 Å².